The number of nitrogens with one attached hydrogen (secondary N) is 1. The molecule has 2 rings (SSSR count). The maximum atomic E-state index is 12.2. The summed E-state index contributed by atoms with van der Waals surface area (Å²) in [5, 5.41) is 2.97. The van der Waals surface area contributed by atoms with Gasteiger partial charge < -0.3 is 20.5 Å². The van der Waals surface area contributed by atoms with Gasteiger partial charge in [0.2, 0.25) is 0 Å². The Kier molecular flexibility index (Phi) is 3.30. The highest BCUT2D eigenvalue weighted by atomic mass is 16.5. The van der Waals surface area contributed by atoms with Gasteiger partial charge in [0.1, 0.15) is 11.5 Å². The summed E-state index contributed by atoms with van der Waals surface area (Å²) in [6.45, 7) is 4.24. The normalized spacial score (nSPS) is 19.7. The molecule has 19 heavy (non-hydrogen) atoms. The third-order valence-electron chi connectivity index (χ3n) is 3.63. The lowest BCUT2D eigenvalue weighted by Crippen LogP contribution is -2.29. The van der Waals surface area contributed by atoms with Gasteiger partial charge in [-0.15, -0.1) is 0 Å². The summed E-state index contributed by atoms with van der Waals surface area (Å²) in [5.74, 6) is 0.802. The van der Waals surface area contributed by atoms with Gasteiger partial charge >= 0.3 is 0 Å². The van der Waals surface area contributed by atoms with Crippen molar-refractivity contribution >= 4 is 11.6 Å². The van der Waals surface area contributed by atoms with Crippen LogP contribution in [0.5, 0.6) is 11.5 Å². The number of benzene rings is 1. The highest BCUT2D eigenvalue weighted by Crippen LogP contribution is 2.45. The molecule has 1 aliphatic carbocycles. The van der Waals surface area contributed by atoms with E-state index in [4.69, 9.17) is 15.2 Å². The number of nitrogen functional groups attached to an aromatic ring is 1. The van der Waals surface area contributed by atoms with Gasteiger partial charge in [-0.25, -0.2) is 0 Å². The first-order valence-electron chi connectivity index (χ1n) is 6.21. The highest BCUT2D eigenvalue weighted by Gasteiger charge is 2.46. The van der Waals surface area contributed by atoms with E-state index in [1.54, 1.807) is 12.1 Å². The first-order valence-corrected chi connectivity index (χ1v) is 6.21. The Hall–Kier alpha value is -1.91. The SMILES string of the molecule is COc1cc(OC)c(N)c(C(=O)NC2CC2(C)C)c1. The summed E-state index contributed by atoms with van der Waals surface area (Å²) in [5.41, 5.74) is 6.84. The van der Waals surface area contributed by atoms with Crippen molar-refractivity contribution in [3.05, 3.63) is 17.7 Å². The van der Waals surface area contributed by atoms with Crippen molar-refractivity contribution in [2.24, 2.45) is 5.41 Å². The van der Waals surface area contributed by atoms with Crippen molar-refractivity contribution < 1.29 is 14.3 Å². The number of rotatable bonds is 4. The Labute approximate surface area is 113 Å². The molecule has 1 unspecified atom stereocenters. The van der Waals surface area contributed by atoms with Gasteiger partial charge in [0, 0.05) is 12.1 Å². The van der Waals surface area contributed by atoms with E-state index >= 15 is 0 Å². The molecule has 1 aromatic carbocycles. The van der Waals surface area contributed by atoms with Crippen LogP contribution in [0.15, 0.2) is 12.1 Å². The van der Waals surface area contributed by atoms with E-state index in [0.29, 0.717) is 22.7 Å². The third kappa shape index (κ3) is 2.59. The lowest BCUT2D eigenvalue weighted by atomic mass is 10.1. The zero-order valence-electron chi connectivity index (χ0n) is 11.7. The fraction of sp³-hybridized carbons (Fsp3) is 0.500. The van der Waals surface area contributed by atoms with Gasteiger partial charge in [0.25, 0.3) is 5.91 Å². The molecule has 5 heteroatoms. The minimum absolute atomic E-state index is 0.174. The molecule has 1 amide bonds. The maximum absolute atomic E-state index is 12.2. The Bertz CT molecular complexity index is 512. The van der Waals surface area contributed by atoms with E-state index in [1.165, 1.54) is 14.2 Å². The Morgan fingerprint density at radius 3 is 2.47 bits per heavy atom. The van der Waals surface area contributed by atoms with E-state index in [9.17, 15) is 4.79 Å². The van der Waals surface area contributed by atoms with Crippen molar-refractivity contribution in [3.63, 3.8) is 0 Å². The molecule has 1 atom stereocenters. The molecule has 5 nitrogen and oxygen atoms in total. The topological polar surface area (TPSA) is 73.6 Å². The quantitative estimate of drug-likeness (QED) is 0.813. The second-order valence-electron chi connectivity index (χ2n) is 5.51. The third-order valence-corrected chi connectivity index (χ3v) is 3.63. The Morgan fingerprint density at radius 2 is 2.00 bits per heavy atom. The molecule has 1 saturated carbocycles. The minimum Gasteiger partial charge on any atom is -0.497 e. The smallest absolute Gasteiger partial charge is 0.253 e. The molecule has 0 heterocycles. The number of hydrogen-bond donors (Lipinski definition) is 2. The van der Waals surface area contributed by atoms with Crippen LogP contribution in [-0.2, 0) is 0 Å². The summed E-state index contributed by atoms with van der Waals surface area (Å²) in [6, 6.07) is 3.49. The van der Waals surface area contributed by atoms with E-state index in [2.05, 4.69) is 19.2 Å². The molecule has 0 bridgehead atoms. The fourth-order valence-corrected chi connectivity index (χ4v) is 2.03. The van der Waals surface area contributed by atoms with E-state index < -0.39 is 0 Å². The van der Waals surface area contributed by atoms with Crippen LogP contribution in [0, 0.1) is 5.41 Å². The second-order valence-corrected chi connectivity index (χ2v) is 5.51. The minimum atomic E-state index is -0.190. The zero-order chi connectivity index (χ0) is 14.2. The number of nitrogens with two attached hydrogens (primary N) is 1. The van der Waals surface area contributed by atoms with Crippen molar-refractivity contribution in [1.29, 1.82) is 0 Å². The van der Waals surface area contributed by atoms with Gasteiger partial charge in [-0.3, -0.25) is 4.79 Å². The number of hydrogen-bond acceptors (Lipinski definition) is 4. The van der Waals surface area contributed by atoms with Crippen LogP contribution < -0.4 is 20.5 Å². The van der Waals surface area contributed by atoms with Crippen LogP contribution >= 0.6 is 0 Å². The van der Waals surface area contributed by atoms with Crippen LogP contribution in [0.3, 0.4) is 0 Å². The number of anilines is 1. The van der Waals surface area contributed by atoms with Gasteiger partial charge in [-0.05, 0) is 17.9 Å². The molecule has 0 radical (unpaired) electrons. The van der Waals surface area contributed by atoms with E-state index in [0.717, 1.165) is 6.42 Å². The lowest BCUT2D eigenvalue weighted by molar-refractivity contribution is 0.0946. The van der Waals surface area contributed by atoms with Crippen LogP contribution in [0.2, 0.25) is 0 Å². The summed E-state index contributed by atoms with van der Waals surface area (Å²) < 4.78 is 10.3. The standard InChI is InChI=1S/C14H20N2O3/c1-14(2)7-11(14)16-13(17)9-5-8(18-3)6-10(19-4)12(9)15/h5-6,11H,7,15H2,1-4H3,(H,16,17). The number of methoxy groups -OCH3 is 2. The maximum Gasteiger partial charge on any atom is 0.253 e. The van der Waals surface area contributed by atoms with E-state index in [-0.39, 0.29) is 17.4 Å². The molecule has 0 saturated heterocycles. The largest absolute Gasteiger partial charge is 0.497 e. The number of amides is 1. The van der Waals surface area contributed by atoms with Crippen molar-refractivity contribution in [2.45, 2.75) is 26.3 Å². The molecular formula is C14H20N2O3. The van der Waals surface area contributed by atoms with Crippen LogP contribution in [-0.4, -0.2) is 26.2 Å². The molecule has 1 fully saturated rings. The van der Waals surface area contributed by atoms with Gasteiger partial charge in [0.15, 0.2) is 0 Å². The fourth-order valence-electron chi connectivity index (χ4n) is 2.03. The van der Waals surface area contributed by atoms with E-state index in [1.807, 2.05) is 0 Å². The average molecular weight is 264 g/mol. The molecule has 1 aromatic rings. The first kappa shape index (κ1) is 13.5. The van der Waals surface area contributed by atoms with Crippen LogP contribution in [0.25, 0.3) is 0 Å². The first-order chi connectivity index (χ1) is 8.89. The molecule has 3 N–H and O–H groups in total. The lowest BCUT2D eigenvalue weighted by Gasteiger charge is -2.13. The molecule has 0 aliphatic heterocycles. The Balaban J connectivity index is 2.25. The summed E-state index contributed by atoms with van der Waals surface area (Å²) in [6.07, 6.45) is 0.986. The number of carbonyl (C=O) groups excluding carboxylic acids is 1. The molecule has 104 valence electrons. The van der Waals surface area contributed by atoms with Crippen molar-refractivity contribution in [1.82, 2.24) is 5.32 Å². The monoisotopic (exact) mass is 264 g/mol. The molecule has 1 aliphatic rings. The molecule has 0 spiro atoms. The van der Waals surface area contributed by atoms with Crippen LogP contribution in [0.1, 0.15) is 30.6 Å². The van der Waals surface area contributed by atoms with Crippen molar-refractivity contribution in [3.8, 4) is 11.5 Å². The van der Waals surface area contributed by atoms with Crippen LogP contribution in [0.4, 0.5) is 5.69 Å². The number of carbonyl (C=O) groups is 1. The van der Waals surface area contributed by atoms with Gasteiger partial charge in [-0.1, -0.05) is 13.8 Å². The highest BCUT2D eigenvalue weighted by molar-refractivity contribution is 6.01. The number of ether oxygens (including phenoxy) is 2. The van der Waals surface area contributed by atoms with Crippen molar-refractivity contribution in [2.75, 3.05) is 20.0 Å². The summed E-state index contributed by atoms with van der Waals surface area (Å²) in [4.78, 5) is 12.2. The predicted molar refractivity (Wildman–Crippen MR) is 73.6 cm³/mol. The summed E-state index contributed by atoms with van der Waals surface area (Å²) >= 11 is 0. The Morgan fingerprint density at radius 1 is 1.37 bits per heavy atom. The van der Waals surface area contributed by atoms with Gasteiger partial charge in [-0.2, -0.15) is 0 Å². The predicted octanol–water partition coefficient (Wildman–Crippen LogP) is 1.81. The molecule has 0 aromatic heterocycles. The van der Waals surface area contributed by atoms with Gasteiger partial charge in [0.05, 0.1) is 25.5 Å². The summed E-state index contributed by atoms with van der Waals surface area (Å²) in [7, 11) is 3.05. The molecular weight excluding hydrogens is 244 g/mol. The second kappa shape index (κ2) is 4.64. The average Bonchev–Trinajstić information content (AvgIpc) is 2.96. The zero-order valence-corrected chi connectivity index (χ0v) is 11.7.